The molecule has 0 aliphatic rings. The molecule has 2 aromatic carbocycles. The van der Waals surface area contributed by atoms with Crippen molar-refractivity contribution in [2.45, 2.75) is 0 Å². The summed E-state index contributed by atoms with van der Waals surface area (Å²) >= 11 is 0. The lowest BCUT2D eigenvalue weighted by Gasteiger charge is -1.93. The van der Waals surface area contributed by atoms with Gasteiger partial charge in [-0.3, -0.25) is 9.36 Å². The Morgan fingerprint density at radius 1 is 0.947 bits per heavy atom. The number of hydrogen-bond donors (Lipinski definition) is 0. The van der Waals surface area contributed by atoms with Gasteiger partial charge in [0.25, 0.3) is 0 Å². The van der Waals surface area contributed by atoms with Crippen LogP contribution in [0.1, 0.15) is 15.9 Å². The third kappa shape index (κ3) is 2.14. The Labute approximate surface area is 111 Å². The average molecular weight is 245 g/mol. The molecule has 0 aliphatic heterocycles. The van der Waals surface area contributed by atoms with E-state index < -0.39 is 0 Å². The van der Waals surface area contributed by atoms with Gasteiger partial charge in [0.1, 0.15) is 0 Å². The van der Waals surface area contributed by atoms with Crippen LogP contribution in [0.15, 0.2) is 60.8 Å². The first kappa shape index (κ1) is 11.3. The van der Waals surface area contributed by atoms with Crippen molar-refractivity contribution in [3.8, 4) is 12.0 Å². The number of aromatic nitrogens is 1. The molecule has 0 aliphatic carbocycles. The number of rotatable bonds is 1. The average Bonchev–Trinajstić information content (AvgIpc) is 2.84. The monoisotopic (exact) mass is 245 g/mol. The molecule has 90 valence electrons. The van der Waals surface area contributed by atoms with E-state index >= 15 is 0 Å². The lowest BCUT2D eigenvalue weighted by atomic mass is 10.2. The molecule has 3 rings (SSSR count). The fraction of sp³-hybridized carbons (Fsp3) is 0. The Balaban J connectivity index is 2.12. The van der Waals surface area contributed by atoms with Crippen molar-refractivity contribution < 1.29 is 4.79 Å². The molecule has 0 fully saturated rings. The van der Waals surface area contributed by atoms with Gasteiger partial charge in [-0.25, -0.2) is 0 Å². The van der Waals surface area contributed by atoms with Gasteiger partial charge in [0.2, 0.25) is 0 Å². The first-order valence-electron chi connectivity index (χ1n) is 6.01. The van der Waals surface area contributed by atoms with E-state index in [2.05, 4.69) is 12.0 Å². The van der Waals surface area contributed by atoms with Crippen molar-refractivity contribution in [1.82, 2.24) is 4.57 Å². The van der Waals surface area contributed by atoms with E-state index in [1.807, 2.05) is 54.6 Å². The Bertz CT molecular complexity index is 788. The Morgan fingerprint density at radius 2 is 1.68 bits per heavy atom. The maximum atomic E-state index is 11.0. The SMILES string of the molecule is O=Cc1cn(C#Cc2ccccc2)c2ccccc12. The smallest absolute Gasteiger partial charge is 0.152 e. The van der Waals surface area contributed by atoms with E-state index in [4.69, 9.17) is 0 Å². The predicted octanol–water partition coefficient (Wildman–Crippen LogP) is 3.31. The zero-order valence-electron chi connectivity index (χ0n) is 10.2. The van der Waals surface area contributed by atoms with E-state index in [0.717, 1.165) is 22.8 Å². The zero-order valence-corrected chi connectivity index (χ0v) is 10.2. The summed E-state index contributed by atoms with van der Waals surface area (Å²) in [5.74, 6) is 3.09. The van der Waals surface area contributed by atoms with Gasteiger partial charge >= 0.3 is 0 Å². The van der Waals surface area contributed by atoms with Crippen molar-refractivity contribution in [1.29, 1.82) is 0 Å². The second-order valence-corrected chi connectivity index (χ2v) is 4.19. The van der Waals surface area contributed by atoms with Crippen LogP contribution in [0.5, 0.6) is 0 Å². The molecule has 1 heterocycles. The largest absolute Gasteiger partial charge is 0.298 e. The van der Waals surface area contributed by atoms with E-state index in [9.17, 15) is 4.79 Å². The minimum Gasteiger partial charge on any atom is -0.298 e. The highest BCUT2D eigenvalue weighted by Crippen LogP contribution is 2.18. The molecule has 2 nitrogen and oxygen atoms in total. The molecule has 19 heavy (non-hydrogen) atoms. The third-order valence-corrected chi connectivity index (χ3v) is 2.96. The van der Waals surface area contributed by atoms with Gasteiger partial charge in [-0.1, -0.05) is 36.4 Å². The molecule has 0 spiro atoms. The summed E-state index contributed by atoms with van der Waals surface area (Å²) in [6, 6.07) is 20.6. The number of benzene rings is 2. The number of nitrogens with zero attached hydrogens (tertiary/aromatic N) is 1. The van der Waals surface area contributed by atoms with Crippen LogP contribution in [0.25, 0.3) is 10.9 Å². The Kier molecular flexibility index (Phi) is 2.88. The molecule has 0 radical (unpaired) electrons. The van der Waals surface area contributed by atoms with E-state index in [0.29, 0.717) is 5.56 Å². The molecule has 2 heteroatoms. The maximum absolute atomic E-state index is 11.0. The molecule has 0 N–H and O–H groups in total. The maximum Gasteiger partial charge on any atom is 0.152 e. The van der Waals surface area contributed by atoms with Crippen LogP contribution >= 0.6 is 0 Å². The summed E-state index contributed by atoms with van der Waals surface area (Å²) in [6.45, 7) is 0. The molecule has 0 unspecified atom stereocenters. The number of aldehydes is 1. The van der Waals surface area contributed by atoms with Crippen LogP contribution in [0.3, 0.4) is 0 Å². The number of carbonyl (C=O) groups excluding carboxylic acids is 1. The van der Waals surface area contributed by atoms with Gasteiger partial charge in [0.05, 0.1) is 5.52 Å². The lowest BCUT2D eigenvalue weighted by Crippen LogP contribution is -1.85. The normalized spacial score (nSPS) is 9.89. The molecular formula is C17H11NO. The Morgan fingerprint density at radius 3 is 2.47 bits per heavy atom. The quantitative estimate of drug-likeness (QED) is 0.476. The number of para-hydroxylation sites is 1. The van der Waals surface area contributed by atoms with Gasteiger partial charge in [0.15, 0.2) is 6.29 Å². The number of carbonyl (C=O) groups is 1. The zero-order chi connectivity index (χ0) is 13.1. The topological polar surface area (TPSA) is 22.0 Å². The fourth-order valence-electron chi connectivity index (χ4n) is 2.04. The highest BCUT2D eigenvalue weighted by Gasteiger charge is 2.04. The van der Waals surface area contributed by atoms with Crippen molar-refractivity contribution in [2.24, 2.45) is 0 Å². The first-order chi connectivity index (χ1) is 9.38. The second-order valence-electron chi connectivity index (χ2n) is 4.19. The van der Waals surface area contributed by atoms with E-state index in [1.54, 1.807) is 10.8 Å². The number of fused-ring (bicyclic) bond motifs is 1. The Hall–Kier alpha value is -2.79. The fourth-order valence-corrected chi connectivity index (χ4v) is 2.04. The van der Waals surface area contributed by atoms with Crippen LogP contribution in [-0.4, -0.2) is 10.9 Å². The molecule has 0 saturated heterocycles. The molecule has 0 amide bonds. The minimum absolute atomic E-state index is 0.665. The first-order valence-corrected chi connectivity index (χ1v) is 6.01. The standard InChI is InChI=1S/C17H11NO/c19-13-15-12-18(17-9-5-4-8-16(15)17)11-10-14-6-2-1-3-7-14/h1-9,12-13H. The van der Waals surface area contributed by atoms with Gasteiger partial charge in [0, 0.05) is 28.8 Å². The summed E-state index contributed by atoms with van der Waals surface area (Å²) in [4.78, 5) is 11.0. The van der Waals surface area contributed by atoms with E-state index in [1.165, 1.54) is 0 Å². The van der Waals surface area contributed by atoms with Crippen LogP contribution in [0.4, 0.5) is 0 Å². The molecular weight excluding hydrogens is 234 g/mol. The number of hydrogen-bond acceptors (Lipinski definition) is 1. The van der Waals surface area contributed by atoms with Crippen molar-refractivity contribution in [3.63, 3.8) is 0 Å². The molecule has 0 saturated carbocycles. The van der Waals surface area contributed by atoms with Crippen molar-refractivity contribution >= 4 is 17.2 Å². The van der Waals surface area contributed by atoms with Crippen LogP contribution in [0.2, 0.25) is 0 Å². The summed E-state index contributed by atoms with van der Waals surface area (Å²) in [5.41, 5.74) is 2.57. The second kappa shape index (κ2) is 4.83. The van der Waals surface area contributed by atoms with Crippen LogP contribution < -0.4 is 0 Å². The van der Waals surface area contributed by atoms with E-state index in [-0.39, 0.29) is 0 Å². The highest BCUT2D eigenvalue weighted by molar-refractivity contribution is 5.98. The molecule has 3 aromatic rings. The van der Waals surface area contributed by atoms with Crippen molar-refractivity contribution in [3.05, 3.63) is 71.9 Å². The van der Waals surface area contributed by atoms with Gasteiger partial charge in [-0.05, 0) is 24.1 Å². The lowest BCUT2D eigenvalue weighted by molar-refractivity contribution is 0.112. The van der Waals surface area contributed by atoms with Crippen LogP contribution in [0, 0.1) is 12.0 Å². The summed E-state index contributed by atoms with van der Waals surface area (Å²) in [7, 11) is 0. The third-order valence-electron chi connectivity index (χ3n) is 2.96. The molecule has 0 atom stereocenters. The minimum atomic E-state index is 0.665. The summed E-state index contributed by atoms with van der Waals surface area (Å²) in [5, 5.41) is 0.930. The van der Waals surface area contributed by atoms with Gasteiger partial charge in [-0.15, -0.1) is 0 Å². The van der Waals surface area contributed by atoms with Crippen LogP contribution in [-0.2, 0) is 0 Å². The predicted molar refractivity (Wildman–Crippen MR) is 76.0 cm³/mol. The van der Waals surface area contributed by atoms with Gasteiger partial charge in [-0.2, -0.15) is 0 Å². The van der Waals surface area contributed by atoms with Crippen molar-refractivity contribution in [2.75, 3.05) is 0 Å². The molecule has 1 aromatic heterocycles. The summed E-state index contributed by atoms with van der Waals surface area (Å²) in [6.07, 6.45) is 2.64. The molecule has 0 bridgehead atoms. The summed E-state index contributed by atoms with van der Waals surface area (Å²) < 4.78 is 1.80. The van der Waals surface area contributed by atoms with Gasteiger partial charge < -0.3 is 0 Å². The highest BCUT2D eigenvalue weighted by atomic mass is 16.1.